The summed E-state index contributed by atoms with van der Waals surface area (Å²) in [4.78, 5) is 7.71. The van der Waals surface area contributed by atoms with E-state index in [1.54, 1.807) is 0 Å². The van der Waals surface area contributed by atoms with Crippen LogP contribution in [0.2, 0.25) is 0 Å². The number of para-hydroxylation sites is 2. The molecule has 0 fully saturated rings. The second kappa shape index (κ2) is 15.6. The first kappa shape index (κ1) is 38.0. The van der Waals surface area contributed by atoms with E-state index in [-0.39, 0.29) is 6.71 Å². The average molecular weight is 840 g/mol. The smallest absolute Gasteiger partial charge is 0.247 e. The molecule has 63 heavy (non-hydrogen) atoms. The molecule has 0 radical (unpaired) electrons. The molecule has 0 amide bonds. The minimum atomic E-state index is 0.159. The summed E-state index contributed by atoms with van der Waals surface area (Å²) in [6, 6.07) is 78.9. The van der Waals surface area contributed by atoms with Crippen LogP contribution in [0.5, 0.6) is 0 Å². The maximum Gasteiger partial charge on any atom is 0.247 e. The molecule has 0 aliphatic carbocycles. The lowest BCUT2D eigenvalue weighted by Gasteiger charge is -2.34. The van der Waals surface area contributed by atoms with E-state index in [1.165, 1.54) is 96.5 Å². The van der Waals surface area contributed by atoms with Gasteiger partial charge in [0.2, 0.25) is 6.71 Å². The predicted octanol–water partition coefficient (Wildman–Crippen LogP) is 15.0. The number of rotatable bonds is 7. The molecule has 298 valence electrons. The van der Waals surface area contributed by atoms with Crippen molar-refractivity contribution in [2.45, 2.75) is 39.3 Å². The van der Waals surface area contributed by atoms with Gasteiger partial charge in [0.15, 0.2) is 0 Å². The zero-order valence-corrected chi connectivity index (χ0v) is 36.8. The zero-order valence-electron chi connectivity index (χ0n) is 35.1. The standard InChI is InChI=1S/C59H42BNS2/c1-38(2)40-32-41(34-43(33-40)58-49-26-14-12-24-47(49)57(39-18-6-3-7-19-39)48-25-13-15-27-50(48)58)42-35-55-59-56(36-42)63-54-37-46(30-31-52(54)60(59)51-28-16-17-29-53(51)62-55)61(44-20-8-4-9-21-44)45-22-10-5-11-23-45/h3-38H,1-2H3. The Hall–Kier alpha value is -6.72. The second-order valence-electron chi connectivity index (χ2n) is 17.0. The van der Waals surface area contributed by atoms with Gasteiger partial charge in [-0.05, 0) is 133 Å². The van der Waals surface area contributed by atoms with Gasteiger partial charge in [0.05, 0.1) is 0 Å². The molecule has 0 N–H and O–H groups in total. The Bertz CT molecular complexity index is 3290. The lowest BCUT2D eigenvalue weighted by Crippen LogP contribution is -2.58. The van der Waals surface area contributed by atoms with E-state index in [2.05, 4.69) is 231 Å². The van der Waals surface area contributed by atoms with Gasteiger partial charge in [0.1, 0.15) is 0 Å². The van der Waals surface area contributed by atoms with Crippen LogP contribution in [-0.2, 0) is 0 Å². The van der Waals surface area contributed by atoms with Crippen LogP contribution in [0.4, 0.5) is 17.1 Å². The van der Waals surface area contributed by atoms with Crippen molar-refractivity contribution in [2.24, 2.45) is 0 Å². The van der Waals surface area contributed by atoms with Crippen molar-refractivity contribution in [3.63, 3.8) is 0 Å². The quantitative estimate of drug-likeness (QED) is 0.116. The van der Waals surface area contributed by atoms with Gasteiger partial charge in [0.25, 0.3) is 0 Å². The van der Waals surface area contributed by atoms with Crippen molar-refractivity contribution in [3.8, 4) is 33.4 Å². The molecular formula is C59H42BNS2. The van der Waals surface area contributed by atoms with Gasteiger partial charge in [-0.25, -0.2) is 0 Å². The fourth-order valence-electron chi connectivity index (χ4n) is 9.99. The highest BCUT2D eigenvalue weighted by molar-refractivity contribution is 8.01. The molecule has 2 aliphatic heterocycles. The lowest BCUT2D eigenvalue weighted by molar-refractivity contribution is 0.867. The molecule has 0 saturated heterocycles. The first-order chi connectivity index (χ1) is 31.1. The molecule has 0 atom stereocenters. The maximum absolute atomic E-state index is 2.49. The van der Waals surface area contributed by atoms with Gasteiger partial charge in [-0.15, -0.1) is 0 Å². The Balaban J connectivity index is 1.05. The van der Waals surface area contributed by atoms with Crippen molar-refractivity contribution in [2.75, 3.05) is 4.90 Å². The first-order valence-corrected chi connectivity index (χ1v) is 23.5. The highest BCUT2D eigenvalue weighted by atomic mass is 32.2. The minimum Gasteiger partial charge on any atom is -0.310 e. The summed E-state index contributed by atoms with van der Waals surface area (Å²) in [7, 11) is 0. The van der Waals surface area contributed by atoms with Crippen molar-refractivity contribution in [3.05, 3.63) is 218 Å². The maximum atomic E-state index is 2.49. The Morgan fingerprint density at radius 2 is 0.841 bits per heavy atom. The topological polar surface area (TPSA) is 3.24 Å². The van der Waals surface area contributed by atoms with Gasteiger partial charge in [-0.1, -0.05) is 200 Å². The van der Waals surface area contributed by atoms with Crippen molar-refractivity contribution in [1.82, 2.24) is 0 Å². The lowest BCUT2D eigenvalue weighted by atomic mass is 9.36. The Labute approximate surface area is 378 Å². The third-order valence-corrected chi connectivity index (χ3v) is 15.2. The highest BCUT2D eigenvalue weighted by Gasteiger charge is 2.38. The average Bonchev–Trinajstić information content (AvgIpc) is 3.33. The van der Waals surface area contributed by atoms with Crippen molar-refractivity contribution >= 4 is 85.2 Å². The van der Waals surface area contributed by atoms with Crippen LogP contribution in [0, 0.1) is 0 Å². The second-order valence-corrected chi connectivity index (χ2v) is 19.2. The van der Waals surface area contributed by atoms with Crippen LogP contribution in [0.1, 0.15) is 25.3 Å². The SMILES string of the molecule is CC(C)c1cc(-c2cc3c4c(c2)Sc2cc(N(c5ccccc5)c5ccccc5)ccc2B4c2ccccc2S3)cc(-c2c3ccccc3c(-c3ccccc3)c3ccccc23)c1. The highest BCUT2D eigenvalue weighted by Crippen LogP contribution is 2.47. The van der Waals surface area contributed by atoms with Gasteiger partial charge in [-0.2, -0.15) is 0 Å². The van der Waals surface area contributed by atoms with E-state index < -0.39 is 0 Å². The molecule has 1 nitrogen and oxygen atoms in total. The van der Waals surface area contributed by atoms with Gasteiger partial charge in [0, 0.05) is 36.6 Å². The van der Waals surface area contributed by atoms with Crippen LogP contribution in [-0.4, -0.2) is 6.71 Å². The molecule has 0 saturated carbocycles. The molecule has 10 aromatic rings. The molecule has 2 heterocycles. The fraction of sp³-hybridized carbons (Fsp3) is 0.0508. The van der Waals surface area contributed by atoms with Crippen LogP contribution < -0.4 is 21.3 Å². The summed E-state index contributed by atoms with van der Waals surface area (Å²) in [5.74, 6) is 0.350. The van der Waals surface area contributed by atoms with Crippen LogP contribution >= 0.6 is 23.5 Å². The number of nitrogens with zero attached hydrogens (tertiary/aromatic N) is 1. The van der Waals surface area contributed by atoms with Gasteiger partial charge >= 0.3 is 0 Å². The Kier molecular flexibility index (Phi) is 9.39. The number of anilines is 3. The summed E-state index contributed by atoms with van der Waals surface area (Å²) in [5.41, 5.74) is 16.6. The minimum absolute atomic E-state index is 0.159. The van der Waals surface area contributed by atoms with Crippen LogP contribution in [0.25, 0.3) is 54.9 Å². The molecule has 0 spiro atoms. The normalized spacial score (nSPS) is 12.6. The Morgan fingerprint density at radius 3 is 1.44 bits per heavy atom. The summed E-state index contributed by atoms with van der Waals surface area (Å²) in [6.45, 7) is 4.81. The third-order valence-electron chi connectivity index (χ3n) is 12.9. The van der Waals surface area contributed by atoms with Crippen molar-refractivity contribution in [1.29, 1.82) is 0 Å². The van der Waals surface area contributed by atoms with Gasteiger partial charge in [-0.3, -0.25) is 0 Å². The summed E-state index contributed by atoms with van der Waals surface area (Å²) < 4.78 is 0. The number of hydrogen-bond donors (Lipinski definition) is 0. The molecule has 10 aromatic carbocycles. The molecule has 0 aromatic heterocycles. The number of fused-ring (bicyclic) bond motifs is 6. The summed E-state index contributed by atoms with van der Waals surface area (Å²) in [5, 5.41) is 5.11. The van der Waals surface area contributed by atoms with E-state index in [0.29, 0.717) is 5.92 Å². The summed E-state index contributed by atoms with van der Waals surface area (Å²) in [6.07, 6.45) is 0. The van der Waals surface area contributed by atoms with Crippen LogP contribution in [0.3, 0.4) is 0 Å². The van der Waals surface area contributed by atoms with Gasteiger partial charge < -0.3 is 4.90 Å². The third kappa shape index (κ3) is 6.51. The van der Waals surface area contributed by atoms with Crippen molar-refractivity contribution < 1.29 is 0 Å². The summed E-state index contributed by atoms with van der Waals surface area (Å²) >= 11 is 3.86. The molecule has 0 unspecified atom stereocenters. The first-order valence-electron chi connectivity index (χ1n) is 21.9. The molecule has 0 bridgehead atoms. The zero-order chi connectivity index (χ0) is 42.0. The van der Waals surface area contributed by atoms with Crippen LogP contribution in [0.15, 0.2) is 232 Å². The largest absolute Gasteiger partial charge is 0.310 e. The Morgan fingerprint density at radius 1 is 0.365 bits per heavy atom. The molecular weight excluding hydrogens is 798 g/mol. The molecule has 4 heteroatoms. The predicted molar refractivity (Wildman–Crippen MR) is 272 cm³/mol. The number of hydrogen-bond acceptors (Lipinski definition) is 3. The van der Waals surface area contributed by atoms with E-state index in [4.69, 9.17) is 0 Å². The molecule has 12 rings (SSSR count). The van der Waals surface area contributed by atoms with E-state index in [9.17, 15) is 0 Å². The van der Waals surface area contributed by atoms with E-state index in [1.807, 2.05) is 23.5 Å². The fourth-order valence-corrected chi connectivity index (χ4v) is 12.5. The number of benzene rings is 10. The van der Waals surface area contributed by atoms with E-state index >= 15 is 0 Å². The van der Waals surface area contributed by atoms with E-state index in [0.717, 1.165) is 17.1 Å². The molecule has 2 aliphatic rings. The monoisotopic (exact) mass is 839 g/mol.